The molecule has 0 aliphatic carbocycles. The molecule has 0 amide bonds. The van der Waals surface area contributed by atoms with E-state index in [1.165, 1.54) is 10.7 Å². The van der Waals surface area contributed by atoms with Crippen LogP contribution in [0.5, 0.6) is 5.75 Å². The van der Waals surface area contributed by atoms with Crippen LogP contribution in [0.4, 0.5) is 4.39 Å². The number of nitrogens with one attached hydrogen (secondary N) is 1. The minimum absolute atomic E-state index is 0.0696. The molecule has 1 aliphatic rings. The van der Waals surface area contributed by atoms with Crippen molar-refractivity contribution in [2.75, 3.05) is 13.1 Å². The van der Waals surface area contributed by atoms with Crippen molar-refractivity contribution in [3.63, 3.8) is 0 Å². The van der Waals surface area contributed by atoms with Gasteiger partial charge in [-0.05, 0) is 13.8 Å². The predicted molar refractivity (Wildman–Crippen MR) is 75.0 cm³/mol. The molecule has 0 radical (unpaired) electrons. The Hall–Kier alpha value is -2.48. The quantitative estimate of drug-likeness (QED) is 0.878. The molecular formula is C14H15FN4O3. The van der Waals surface area contributed by atoms with Gasteiger partial charge in [0.15, 0.2) is 17.4 Å². The van der Waals surface area contributed by atoms with Gasteiger partial charge in [0, 0.05) is 19.2 Å². The van der Waals surface area contributed by atoms with Crippen molar-refractivity contribution in [3.8, 4) is 11.6 Å². The summed E-state index contributed by atoms with van der Waals surface area (Å²) in [6.07, 6.45) is 0.980. The van der Waals surface area contributed by atoms with Crippen LogP contribution >= 0.6 is 0 Å². The number of hydrogen-bond donors (Lipinski definition) is 2. The second-order valence-corrected chi connectivity index (χ2v) is 5.13. The van der Waals surface area contributed by atoms with Crippen LogP contribution in [0.1, 0.15) is 21.7 Å². The molecule has 0 bridgehead atoms. The zero-order valence-electron chi connectivity index (χ0n) is 12.1. The lowest BCUT2D eigenvalue weighted by Crippen LogP contribution is -2.50. The molecule has 0 atom stereocenters. The Bertz CT molecular complexity index is 740. The zero-order valence-corrected chi connectivity index (χ0v) is 12.1. The number of carboxylic acids is 1. The van der Waals surface area contributed by atoms with Gasteiger partial charge in [-0.3, -0.25) is 0 Å². The van der Waals surface area contributed by atoms with E-state index in [4.69, 9.17) is 4.74 Å². The van der Waals surface area contributed by atoms with Gasteiger partial charge in [0.25, 0.3) is 0 Å². The Morgan fingerprint density at radius 1 is 1.50 bits per heavy atom. The van der Waals surface area contributed by atoms with Gasteiger partial charge in [-0.2, -0.15) is 5.10 Å². The number of rotatable bonds is 4. The molecule has 3 rings (SSSR count). The highest BCUT2D eigenvalue weighted by Crippen LogP contribution is 2.23. The SMILES string of the molecule is Cc1nn(-c2cc(OC3CNC3)c(F)cn2)c(C)c1C(=O)O. The highest BCUT2D eigenvalue weighted by Gasteiger charge is 2.22. The summed E-state index contributed by atoms with van der Waals surface area (Å²) in [5.41, 5.74) is 0.930. The highest BCUT2D eigenvalue weighted by atomic mass is 19.1. The second-order valence-electron chi connectivity index (χ2n) is 5.13. The van der Waals surface area contributed by atoms with Gasteiger partial charge in [-0.1, -0.05) is 0 Å². The zero-order chi connectivity index (χ0) is 15.9. The fourth-order valence-electron chi connectivity index (χ4n) is 2.32. The van der Waals surface area contributed by atoms with E-state index in [0.717, 1.165) is 6.20 Å². The Kier molecular flexibility index (Phi) is 3.53. The minimum Gasteiger partial charge on any atom is -0.484 e. The van der Waals surface area contributed by atoms with Crippen LogP contribution in [0.15, 0.2) is 12.3 Å². The largest absolute Gasteiger partial charge is 0.484 e. The van der Waals surface area contributed by atoms with Crippen molar-refractivity contribution in [1.82, 2.24) is 20.1 Å². The fraction of sp³-hybridized carbons (Fsp3) is 0.357. The van der Waals surface area contributed by atoms with E-state index in [2.05, 4.69) is 15.4 Å². The number of aryl methyl sites for hydroxylation is 1. The Balaban J connectivity index is 1.99. The smallest absolute Gasteiger partial charge is 0.339 e. The van der Waals surface area contributed by atoms with E-state index >= 15 is 0 Å². The van der Waals surface area contributed by atoms with Crippen LogP contribution in [0.2, 0.25) is 0 Å². The molecule has 0 saturated carbocycles. The first-order chi connectivity index (χ1) is 10.5. The molecule has 2 N–H and O–H groups in total. The first-order valence-corrected chi connectivity index (χ1v) is 6.80. The number of aromatic nitrogens is 3. The first kappa shape index (κ1) is 14.5. The van der Waals surface area contributed by atoms with Crippen LogP contribution in [0.25, 0.3) is 5.82 Å². The average molecular weight is 306 g/mol. The van der Waals surface area contributed by atoms with E-state index in [9.17, 15) is 14.3 Å². The van der Waals surface area contributed by atoms with E-state index in [1.807, 2.05) is 0 Å². The third-order valence-corrected chi connectivity index (χ3v) is 3.57. The second kappa shape index (κ2) is 5.38. The third kappa shape index (κ3) is 2.41. The summed E-state index contributed by atoms with van der Waals surface area (Å²) in [6.45, 7) is 4.57. The summed E-state index contributed by atoms with van der Waals surface area (Å²) in [5.74, 6) is -1.21. The summed E-state index contributed by atoms with van der Waals surface area (Å²) in [5, 5.41) is 16.4. The molecule has 7 nitrogen and oxygen atoms in total. The Morgan fingerprint density at radius 3 is 2.77 bits per heavy atom. The molecule has 116 valence electrons. The summed E-state index contributed by atoms with van der Waals surface area (Å²) >= 11 is 0. The van der Waals surface area contributed by atoms with Gasteiger partial charge in [0.2, 0.25) is 0 Å². The molecule has 0 unspecified atom stereocenters. The normalized spacial score (nSPS) is 14.7. The van der Waals surface area contributed by atoms with Gasteiger partial charge < -0.3 is 15.2 Å². The number of halogens is 1. The molecule has 1 saturated heterocycles. The lowest BCUT2D eigenvalue weighted by atomic mass is 10.2. The monoisotopic (exact) mass is 306 g/mol. The number of pyridine rings is 1. The number of carboxylic acid groups (broad SMARTS) is 1. The summed E-state index contributed by atoms with van der Waals surface area (Å²) in [6, 6.07) is 1.43. The summed E-state index contributed by atoms with van der Waals surface area (Å²) < 4.78 is 20.7. The standard InChI is InChI=1S/C14H15FN4O3/c1-7-13(14(20)21)8(2)19(18-7)12-3-11(10(15)6-17-12)22-9-4-16-5-9/h3,6,9,16H,4-5H2,1-2H3,(H,20,21). The maximum absolute atomic E-state index is 13.8. The van der Waals surface area contributed by atoms with Crippen molar-refractivity contribution in [3.05, 3.63) is 35.0 Å². The van der Waals surface area contributed by atoms with Gasteiger partial charge >= 0.3 is 5.97 Å². The minimum atomic E-state index is -1.06. The molecule has 1 fully saturated rings. The average Bonchev–Trinajstić information content (AvgIpc) is 2.71. The van der Waals surface area contributed by atoms with Crippen LogP contribution in [0, 0.1) is 19.7 Å². The van der Waals surface area contributed by atoms with Gasteiger partial charge in [-0.15, -0.1) is 0 Å². The summed E-state index contributed by atoms with van der Waals surface area (Å²) in [4.78, 5) is 15.2. The Morgan fingerprint density at radius 2 is 2.23 bits per heavy atom. The van der Waals surface area contributed by atoms with Crippen molar-refractivity contribution < 1.29 is 19.0 Å². The van der Waals surface area contributed by atoms with Crippen molar-refractivity contribution >= 4 is 5.97 Å². The van der Waals surface area contributed by atoms with E-state index in [1.54, 1.807) is 13.8 Å². The van der Waals surface area contributed by atoms with Crippen molar-refractivity contribution in [2.45, 2.75) is 20.0 Å². The maximum Gasteiger partial charge on any atom is 0.339 e. The molecule has 1 aliphatic heterocycles. The first-order valence-electron chi connectivity index (χ1n) is 6.80. The van der Waals surface area contributed by atoms with E-state index in [0.29, 0.717) is 30.3 Å². The van der Waals surface area contributed by atoms with E-state index in [-0.39, 0.29) is 17.4 Å². The van der Waals surface area contributed by atoms with Crippen LogP contribution in [-0.4, -0.2) is 45.0 Å². The number of carbonyl (C=O) groups is 1. The maximum atomic E-state index is 13.8. The molecule has 2 aromatic rings. The molecule has 0 spiro atoms. The molecule has 0 aromatic carbocycles. The summed E-state index contributed by atoms with van der Waals surface area (Å²) in [7, 11) is 0. The van der Waals surface area contributed by atoms with Gasteiger partial charge in [0.05, 0.1) is 17.6 Å². The van der Waals surface area contributed by atoms with Gasteiger partial charge in [0.1, 0.15) is 11.7 Å². The van der Waals surface area contributed by atoms with E-state index < -0.39 is 11.8 Å². The topological polar surface area (TPSA) is 89.3 Å². The molecular weight excluding hydrogens is 291 g/mol. The van der Waals surface area contributed by atoms with Crippen LogP contribution in [-0.2, 0) is 0 Å². The number of nitrogens with zero attached hydrogens (tertiary/aromatic N) is 3. The number of aromatic carboxylic acids is 1. The molecule has 2 aromatic heterocycles. The molecule has 8 heteroatoms. The van der Waals surface area contributed by atoms with Crippen LogP contribution in [0.3, 0.4) is 0 Å². The molecule has 3 heterocycles. The van der Waals surface area contributed by atoms with Crippen LogP contribution < -0.4 is 10.1 Å². The predicted octanol–water partition coefficient (Wildman–Crippen LogP) is 1.07. The Labute approximate surface area is 125 Å². The molecule has 22 heavy (non-hydrogen) atoms. The highest BCUT2D eigenvalue weighted by molar-refractivity contribution is 5.90. The third-order valence-electron chi connectivity index (χ3n) is 3.57. The number of hydrogen-bond acceptors (Lipinski definition) is 5. The lowest BCUT2D eigenvalue weighted by Gasteiger charge is -2.27. The van der Waals surface area contributed by atoms with Crippen molar-refractivity contribution in [2.24, 2.45) is 0 Å². The van der Waals surface area contributed by atoms with Crippen molar-refractivity contribution in [1.29, 1.82) is 0 Å². The fourth-order valence-corrected chi connectivity index (χ4v) is 2.32. The lowest BCUT2D eigenvalue weighted by molar-refractivity contribution is 0.0695. The number of ether oxygens (including phenoxy) is 1. The van der Waals surface area contributed by atoms with Gasteiger partial charge in [-0.25, -0.2) is 18.9 Å².